The fourth-order valence-electron chi connectivity index (χ4n) is 2.83. The van der Waals surface area contributed by atoms with Crippen LogP contribution in [0.15, 0.2) is 60.7 Å². The second-order valence-corrected chi connectivity index (χ2v) is 5.77. The number of ether oxygens (including phenoxy) is 1. The molecule has 0 aromatic heterocycles. The first-order valence-electron chi connectivity index (χ1n) is 7.94. The van der Waals surface area contributed by atoms with E-state index < -0.39 is 0 Å². The molecule has 2 heteroatoms. The Morgan fingerprint density at radius 1 is 0.955 bits per heavy atom. The predicted molar refractivity (Wildman–Crippen MR) is 91.8 cm³/mol. The van der Waals surface area contributed by atoms with Gasteiger partial charge in [-0.05, 0) is 18.1 Å². The average Bonchev–Trinajstić information content (AvgIpc) is 2.59. The largest absolute Gasteiger partial charge is 0.379 e. The van der Waals surface area contributed by atoms with Crippen molar-refractivity contribution in [3.63, 3.8) is 0 Å². The standard InChI is InChI=1S/C20H23NO/c1-17-7-9-18(10-8-17)11-12-20(19-5-3-2-4-6-19)21-13-15-22-16-14-21/h2-12,20H,13-16H2,1H3. The first kappa shape index (κ1) is 15.0. The fourth-order valence-corrected chi connectivity index (χ4v) is 2.83. The summed E-state index contributed by atoms with van der Waals surface area (Å²) in [6.45, 7) is 5.73. The van der Waals surface area contributed by atoms with Gasteiger partial charge in [-0.15, -0.1) is 0 Å². The van der Waals surface area contributed by atoms with Crippen LogP contribution in [0.1, 0.15) is 22.7 Å². The number of rotatable bonds is 4. The Hall–Kier alpha value is -1.90. The number of hydrogen-bond donors (Lipinski definition) is 0. The molecule has 22 heavy (non-hydrogen) atoms. The van der Waals surface area contributed by atoms with E-state index >= 15 is 0 Å². The molecule has 2 nitrogen and oxygen atoms in total. The van der Waals surface area contributed by atoms with Crippen molar-refractivity contribution in [2.75, 3.05) is 26.3 Å². The lowest BCUT2D eigenvalue weighted by molar-refractivity contribution is 0.0254. The third-order valence-electron chi connectivity index (χ3n) is 4.13. The maximum atomic E-state index is 5.50. The number of hydrogen-bond acceptors (Lipinski definition) is 2. The third kappa shape index (κ3) is 3.85. The van der Waals surface area contributed by atoms with E-state index in [9.17, 15) is 0 Å². The molecule has 0 aliphatic carbocycles. The average molecular weight is 293 g/mol. The first-order chi connectivity index (χ1) is 10.8. The quantitative estimate of drug-likeness (QED) is 0.842. The summed E-state index contributed by atoms with van der Waals surface area (Å²) in [6, 6.07) is 19.7. The van der Waals surface area contributed by atoms with Crippen LogP contribution in [0.2, 0.25) is 0 Å². The van der Waals surface area contributed by atoms with Crippen LogP contribution < -0.4 is 0 Å². The van der Waals surface area contributed by atoms with Gasteiger partial charge in [-0.2, -0.15) is 0 Å². The second-order valence-electron chi connectivity index (χ2n) is 5.77. The number of morpholine rings is 1. The van der Waals surface area contributed by atoms with Gasteiger partial charge in [0, 0.05) is 13.1 Å². The Kier molecular flexibility index (Phi) is 5.04. The van der Waals surface area contributed by atoms with Gasteiger partial charge in [-0.1, -0.05) is 72.3 Å². The summed E-state index contributed by atoms with van der Waals surface area (Å²) in [5.41, 5.74) is 3.89. The van der Waals surface area contributed by atoms with Crippen LogP contribution in [0.4, 0.5) is 0 Å². The molecule has 0 radical (unpaired) electrons. The molecule has 1 saturated heterocycles. The molecule has 0 spiro atoms. The highest BCUT2D eigenvalue weighted by molar-refractivity contribution is 5.51. The zero-order valence-electron chi connectivity index (χ0n) is 13.1. The van der Waals surface area contributed by atoms with E-state index in [1.165, 1.54) is 16.7 Å². The number of aryl methyl sites for hydroxylation is 1. The minimum absolute atomic E-state index is 0.311. The lowest BCUT2D eigenvalue weighted by Gasteiger charge is -2.33. The van der Waals surface area contributed by atoms with E-state index in [0.29, 0.717) is 6.04 Å². The lowest BCUT2D eigenvalue weighted by atomic mass is 10.0. The van der Waals surface area contributed by atoms with Crippen LogP contribution in [-0.2, 0) is 4.74 Å². The lowest BCUT2D eigenvalue weighted by Crippen LogP contribution is -2.38. The molecule has 1 atom stereocenters. The Morgan fingerprint density at radius 2 is 1.64 bits per heavy atom. The van der Waals surface area contributed by atoms with E-state index in [1.54, 1.807) is 0 Å². The highest BCUT2D eigenvalue weighted by Crippen LogP contribution is 2.24. The smallest absolute Gasteiger partial charge is 0.0594 e. The molecular formula is C20H23NO. The Bertz CT molecular complexity index is 597. The van der Waals surface area contributed by atoms with Gasteiger partial charge in [-0.25, -0.2) is 0 Å². The van der Waals surface area contributed by atoms with Crippen molar-refractivity contribution in [1.82, 2.24) is 4.90 Å². The molecule has 0 bridgehead atoms. The zero-order valence-corrected chi connectivity index (χ0v) is 13.1. The molecule has 1 heterocycles. The molecule has 2 aromatic rings. The van der Waals surface area contributed by atoms with Crippen LogP contribution in [0.3, 0.4) is 0 Å². The van der Waals surface area contributed by atoms with Crippen molar-refractivity contribution < 1.29 is 4.74 Å². The highest BCUT2D eigenvalue weighted by Gasteiger charge is 2.19. The molecule has 114 valence electrons. The van der Waals surface area contributed by atoms with Crippen molar-refractivity contribution in [2.24, 2.45) is 0 Å². The summed E-state index contributed by atoms with van der Waals surface area (Å²) < 4.78 is 5.50. The maximum Gasteiger partial charge on any atom is 0.0594 e. The number of benzene rings is 2. The van der Waals surface area contributed by atoms with Crippen molar-refractivity contribution in [1.29, 1.82) is 0 Å². The molecule has 2 aromatic carbocycles. The molecule has 1 unspecified atom stereocenters. The van der Waals surface area contributed by atoms with E-state index in [-0.39, 0.29) is 0 Å². The van der Waals surface area contributed by atoms with Crippen LogP contribution in [0, 0.1) is 6.92 Å². The molecule has 1 aliphatic heterocycles. The van der Waals surface area contributed by atoms with Gasteiger partial charge in [0.2, 0.25) is 0 Å². The third-order valence-corrected chi connectivity index (χ3v) is 4.13. The summed E-state index contributed by atoms with van der Waals surface area (Å²) in [7, 11) is 0. The molecule has 3 rings (SSSR count). The maximum absolute atomic E-state index is 5.50. The van der Waals surface area contributed by atoms with Crippen LogP contribution in [0.25, 0.3) is 6.08 Å². The van der Waals surface area contributed by atoms with Gasteiger partial charge in [0.1, 0.15) is 0 Å². The topological polar surface area (TPSA) is 12.5 Å². The summed E-state index contributed by atoms with van der Waals surface area (Å²) >= 11 is 0. The van der Waals surface area contributed by atoms with E-state index in [4.69, 9.17) is 4.74 Å². The molecule has 0 saturated carbocycles. The Balaban J connectivity index is 1.83. The minimum atomic E-state index is 0.311. The summed E-state index contributed by atoms with van der Waals surface area (Å²) in [5, 5.41) is 0. The zero-order chi connectivity index (χ0) is 15.2. The van der Waals surface area contributed by atoms with Gasteiger partial charge in [0.15, 0.2) is 0 Å². The number of nitrogens with zero attached hydrogens (tertiary/aromatic N) is 1. The van der Waals surface area contributed by atoms with Crippen molar-refractivity contribution in [2.45, 2.75) is 13.0 Å². The van der Waals surface area contributed by atoms with Gasteiger partial charge in [-0.3, -0.25) is 4.90 Å². The van der Waals surface area contributed by atoms with Gasteiger partial charge < -0.3 is 4.74 Å². The van der Waals surface area contributed by atoms with E-state index in [1.807, 2.05) is 0 Å². The first-order valence-corrected chi connectivity index (χ1v) is 7.94. The monoisotopic (exact) mass is 293 g/mol. The van der Waals surface area contributed by atoms with Gasteiger partial charge in [0.25, 0.3) is 0 Å². The van der Waals surface area contributed by atoms with Crippen LogP contribution in [0.5, 0.6) is 0 Å². The molecule has 0 amide bonds. The Morgan fingerprint density at radius 3 is 2.32 bits per heavy atom. The van der Waals surface area contributed by atoms with Crippen molar-refractivity contribution in [3.8, 4) is 0 Å². The van der Waals surface area contributed by atoms with Crippen molar-refractivity contribution >= 4 is 6.08 Å². The summed E-state index contributed by atoms with van der Waals surface area (Å²) in [5.74, 6) is 0. The van der Waals surface area contributed by atoms with Crippen molar-refractivity contribution in [3.05, 3.63) is 77.4 Å². The molecule has 1 fully saturated rings. The summed E-state index contributed by atoms with van der Waals surface area (Å²) in [4.78, 5) is 2.49. The second kappa shape index (κ2) is 7.39. The summed E-state index contributed by atoms with van der Waals surface area (Å²) in [6.07, 6.45) is 4.54. The molecule has 0 N–H and O–H groups in total. The molecular weight excluding hydrogens is 270 g/mol. The van der Waals surface area contributed by atoms with E-state index in [2.05, 4.69) is 78.6 Å². The van der Waals surface area contributed by atoms with Gasteiger partial charge in [0.05, 0.1) is 19.3 Å². The predicted octanol–water partition coefficient (Wildman–Crippen LogP) is 4.08. The molecule has 1 aliphatic rings. The highest BCUT2D eigenvalue weighted by atomic mass is 16.5. The Labute approximate surface area is 133 Å². The SMILES string of the molecule is Cc1ccc(C=CC(c2ccccc2)N2CCOCC2)cc1. The van der Waals surface area contributed by atoms with Crippen LogP contribution >= 0.6 is 0 Å². The van der Waals surface area contributed by atoms with E-state index in [0.717, 1.165) is 26.3 Å². The normalized spacial score (nSPS) is 17.7. The fraction of sp³-hybridized carbons (Fsp3) is 0.300. The van der Waals surface area contributed by atoms with Crippen LogP contribution in [-0.4, -0.2) is 31.2 Å². The van der Waals surface area contributed by atoms with Gasteiger partial charge >= 0.3 is 0 Å². The minimum Gasteiger partial charge on any atom is -0.379 e.